The number of methoxy groups -OCH3 is 1. The minimum atomic E-state index is -1.88. The van der Waals surface area contributed by atoms with Gasteiger partial charge in [-0.15, -0.1) is 11.8 Å². The molecule has 0 bridgehead atoms. The molecule has 2 heterocycles. The number of carboxylic acids is 1. The highest BCUT2D eigenvalue weighted by atomic mass is 32.2. The Morgan fingerprint density at radius 3 is 2.55 bits per heavy atom. The number of rotatable bonds is 8. The van der Waals surface area contributed by atoms with Crippen LogP contribution in [0.1, 0.15) is 11.7 Å². The van der Waals surface area contributed by atoms with Crippen molar-refractivity contribution in [3.8, 4) is 0 Å². The van der Waals surface area contributed by atoms with Crippen LogP contribution in [0.4, 0.5) is 0 Å². The lowest BCUT2D eigenvalue weighted by Gasteiger charge is -2.56. The molecule has 1 aromatic rings. The van der Waals surface area contributed by atoms with Crippen LogP contribution in [0.5, 0.6) is 0 Å². The minimum Gasteiger partial charge on any atom is -0.479 e. The Kier molecular flexibility index (Phi) is 5.71. The first-order chi connectivity index (χ1) is 13.9. The van der Waals surface area contributed by atoms with E-state index in [4.69, 9.17) is 9.47 Å². The Balaban J connectivity index is 1.89. The van der Waals surface area contributed by atoms with Gasteiger partial charge in [-0.25, -0.2) is 4.79 Å². The van der Waals surface area contributed by atoms with Crippen molar-refractivity contribution in [1.29, 1.82) is 0 Å². The van der Waals surface area contributed by atoms with E-state index in [9.17, 15) is 29.1 Å². The lowest BCUT2D eigenvalue weighted by atomic mass is 9.94. The van der Waals surface area contributed by atoms with Gasteiger partial charge in [-0.3, -0.25) is 19.2 Å². The average molecular weight is 420 g/mol. The van der Waals surface area contributed by atoms with Gasteiger partial charge < -0.3 is 24.8 Å². The number of β-lactam (4-membered cyclic amide) rings is 1. The SMILES string of the molecule is COC1(NC(=O)C(OC=O)c2ccccc2)C(=O)N2C(C(=O)O)C(C=O)=CS[C@@H]21. The number of aliphatic carboxylic acids is 1. The Hall–Kier alpha value is -3.18. The summed E-state index contributed by atoms with van der Waals surface area (Å²) in [5.41, 5.74) is -1.59. The summed E-state index contributed by atoms with van der Waals surface area (Å²) in [7, 11) is 1.18. The summed E-state index contributed by atoms with van der Waals surface area (Å²) in [6.45, 7) is 0.112. The number of carbonyl (C=O) groups excluding carboxylic acids is 4. The number of fused-ring (bicyclic) bond motifs is 1. The molecule has 1 fully saturated rings. The zero-order valence-electron chi connectivity index (χ0n) is 15.0. The van der Waals surface area contributed by atoms with E-state index < -0.39 is 41.0 Å². The molecule has 2 amide bonds. The Labute approximate surface area is 168 Å². The summed E-state index contributed by atoms with van der Waals surface area (Å²) in [4.78, 5) is 60.2. The third-order valence-corrected chi connectivity index (χ3v) is 5.84. The van der Waals surface area contributed by atoms with E-state index in [0.717, 1.165) is 16.7 Å². The van der Waals surface area contributed by atoms with E-state index in [-0.39, 0.29) is 12.0 Å². The van der Waals surface area contributed by atoms with Crippen LogP contribution in [0, 0.1) is 0 Å². The van der Waals surface area contributed by atoms with Crippen LogP contribution in [0.25, 0.3) is 0 Å². The quantitative estimate of drug-likeness (QED) is 0.333. The number of ether oxygens (including phenoxy) is 2. The highest BCUT2D eigenvalue weighted by Crippen LogP contribution is 2.46. The van der Waals surface area contributed by atoms with Crippen molar-refractivity contribution in [3.63, 3.8) is 0 Å². The second-order valence-corrected chi connectivity index (χ2v) is 7.08. The molecule has 2 N–H and O–H groups in total. The number of nitrogens with zero attached hydrogens (tertiary/aromatic N) is 1. The maximum Gasteiger partial charge on any atom is 0.331 e. The van der Waals surface area contributed by atoms with Gasteiger partial charge in [0, 0.05) is 18.2 Å². The highest BCUT2D eigenvalue weighted by Gasteiger charge is 2.67. The van der Waals surface area contributed by atoms with Crippen molar-refractivity contribution in [2.24, 2.45) is 0 Å². The van der Waals surface area contributed by atoms with Crippen LogP contribution < -0.4 is 5.32 Å². The number of carboxylic acid groups (broad SMARTS) is 1. The first-order valence-electron chi connectivity index (χ1n) is 8.28. The van der Waals surface area contributed by atoms with E-state index >= 15 is 0 Å². The van der Waals surface area contributed by atoms with Crippen LogP contribution in [-0.4, -0.2) is 64.8 Å². The minimum absolute atomic E-state index is 0.0884. The van der Waals surface area contributed by atoms with Crippen molar-refractivity contribution < 1.29 is 38.6 Å². The Morgan fingerprint density at radius 1 is 1.31 bits per heavy atom. The monoisotopic (exact) mass is 420 g/mol. The lowest BCUT2D eigenvalue weighted by molar-refractivity contribution is -0.203. The first kappa shape index (κ1) is 20.6. The molecule has 0 aromatic heterocycles. The van der Waals surface area contributed by atoms with Crippen molar-refractivity contribution in [2.75, 3.05) is 7.11 Å². The number of benzene rings is 1. The van der Waals surface area contributed by atoms with Gasteiger partial charge in [0.25, 0.3) is 24.0 Å². The summed E-state index contributed by atoms with van der Waals surface area (Å²) < 4.78 is 10.2. The van der Waals surface area contributed by atoms with Crippen LogP contribution >= 0.6 is 11.8 Å². The molecule has 0 aliphatic carbocycles. The van der Waals surface area contributed by atoms with E-state index in [2.05, 4.69) is 5.32 Å². The van der Waals surface area contributed by atoms with Gasteiger partial charge in [-0.2, -0.15) is 0 Å². The molecule has 11 heteroatoms. The molecule has 2 aliphatic heterocycles. The molecule has 2 aliphatic rings. The normalized spacial score (nSPS) is 26.3. The standard InChI is InChI=1S/C18H16N2O8S/c1-27-18(19-14(23)13(28-9-22)10-5-3-2-4-6-10)16(26)20-12(15(24)25)11(7-21)8-29-17(18)20/h2-9,12-13,17H,1H3,(H,19,23)(H,24,25)/t12?,13?,17-,18?/m1/s1. The fraction of sp³-hybridized carbons (Fsp3) is 0.278. The number of aldehydes is 1. The molecule has 0 spiro atoms. The molecule has 3 unspecified atom stereocenters. The van der Waals surface area contributed by atoms with Crippen molar-refractivity contribution in [1.82, 2.24) is 10.2 Å². The summed E-state index contributed by atoms with van der Waals surface area (Å²) in [6.07, 6.45) is -0.975. The number of amides is 2. The van der Waals surface area contributed by atoms with Gasteiger partial charge in [-0.1, -0.05) is 30.3 Å². The lowest BCUT2D eigenvalue weighted by Crippen LogP contribution is -2.83. The molecule has 10 nitrogen and oxygen atoms in total. The Morgan fingerprint density at radius 2 is 2.00 bits per heavy atom. The number of hydrogen-bond acceptors (Lipinski definition) is 8. The van der Waals surface area contributed by atoms with E-state index in [0.29, 0.717) is 11.8 Å². The number of carbonyl (C=O) groups is 5. The second kappa shape index (κ2) is 8.05. The summed E-state index contributed by atoms with van der Waals surface area (Å²) in [5.74, 6) is -3.04. The van der Waals surface area contributed by atoms with Gasteiger partial charge in [0.2, 0.25) is 6.10 Å². The maximum absolute atomic E-state index is 12.8. The van der Waals surface area contributed by atoms with E-state index in [1.54, 1.807) is 30.3 Å². The third kappa shape index (κ3) is 3.28. The molecule has 3 rings (SSSR count). The second-order valence-electron chi connectivity index (χ2n) is 6.13. The van der Waals surface area contributed by atoms with Crippen LogP contribution in [-0.2, 0) is 33.4 Å². The fourth-order valence-corrected chi connectivity index (χ4v) is 4.51. The van der Waals surface area contributed by atoms with Crippen molar-refractivity contribution in [2.45, 2.75) is 23.2 Å². The number of thioether (sulfide) groups is 1. The summed E-state index contributed by atoms with van der Waals surface area (Å²) in [6, 6.07) is 6.65. The summed E-state index contributed by atoms with van der Waals surface area (Å²) >= 11 is 0.963. The average Bonchev–Trinajstić information content (AvgIpc) is 2.74. The summed E-state index contributed by atoms with van der Waals surface area (Å²) in [5, 5.41) is 12.2. The van der Waals surface area contributed by atoms with Crippen molar-refractivity contribution in [3.05, 3.63) is 46.9 Å². The number of nitrogens with one attached hydrogen (secondary N) is 1. The van der Waals surface area contributed by atoms with Crippen LogP contribution in [0.15, 0.2) is 41.3 Å². The van der Waals surface area contributed by atoms with Gasteiger partial charge in [0.05, 0.1) is 0 Å². The van der Waals surface area contributed by atoms with Gasteiger partial charge in [-0.05, 0) is 5.41 Å². The molecular formula is C18H16N2O8S. The van der Waals surface area contributed by atoms with Crippen molar-refractivity contribution >= 4 is 42.3 Å². The molecule has 1 saturated heterocycles. The largest absolute Gasteiger partial charge is 0.479 e. The molecule has 0 saturated carbocycles. The van der Waals surface area contributed by atoms with Gasteiger partial charge >= 0.3 is 5.97 Å². The third-order valence-electron chi connectivity index (χ3n) is 4.61. The number of hydrogen-bond donors (Lipinski definition) is 2. The Bertz CT molecular complexity index is 889. The zero-order chi connectivity index (χ0) is 21.2. The first-order valence-corrected chi connectivity index (χ1v) is 9.23. The topological polar surface area (TPSA) is 139 Å². The predicted octanol–water partition coefficient (Wildman–Crippen LogP) is -0.189. The van der Waals surface area contributed by atoms with Crippen LogP contribution in [0.2, 0.25) is 0 Å². The van der Waals surface area contributed by atoms with E-state index in [1.165, 1.54) is 12.5 Å². The smallest absolute Gasteiger partial charge is 0.331 e. The van der Waals surface area contributed by atoms with Gasteiger partial charge in [0.15, 0.2) is 6.04 Å². The fourth-order valence-electron chi connectivity index (χ4n) is 3.25. The molecule has 29 heavy (non-hydrogen) atoms. The molecular weight excluding hydrogens is 404 g/mol. The molecule has 152 valence electrons. The molecule has 0 radical (unpaired) electrons. The van der Waals surface area contributed by atoms with Crippen LogP contribution in [0.3, 0.4) is 0 Å². The predicted molar refractivity (Wildman–Crippen MR) is 98.0 cm³/mol. The zero-order valence-corrected chi connectivity index (χ0v) is 15.8. The molecule has 4 atom stereocenters. The maximum atomic E-state index is 12.8. The van der Waals surface area contributed by atoms with Gasteiger partial charge in [0.1, 0.15) is 11.7 Å². The molecule has 1 aromatic carbocycles. The van der Waals surface area contributed by atoms with E-state index in [1.807, 2.05) is 0 Å². The highest BCUT2D eigenvalue weighted by molar-refractivity contribution is 8.03.